The van der Waals surface area contributed by atoms with Crippen LogP contribution in [0.1, 0.15) is 56.7 Å². The van der Waals surface area contributed by atoms with Crippen LogP contribution in [0.5, 0.6) is 0 Å². The summed E-state index contributed by atoms with van der Waals surface area (Å²) in [6.07, 6.45) is 1.86. The zero-order valence-electron chi connectivity index (χ0n) is 18.8. The van der Waals surface area contributed by atoms with Crippen LogP contribution in [0.4, 0.5) is 10.5 Å². The molecule has 6 nitrogen and oxygen atoms in total. The molecule has 0 aliphatic carbocycles. The molecule has 1 N–H and O–H groups in total. The second-order valence-electron chi connectivity index (χ2n) is 9.54. The van der Waals surface area contributed by atoms with Gasteiger partial charge in [-0.3, -0.25) is 5.32 Å². The van der Waals surface area contributed by atoms with Crippen molar-refractivity contribution in [2.75, 3.05) is 18.4 Å². The number of carbonyl (C=O) groups excluding carboxylic acids is 1. The minimum absolute atomic E-state index is 0.0809. The number of nitrogens with one attached hydrogen (secondary N) is 1. The Bertz CT molecular complexity index is 971. The fraction of sp³-hybridized carbons (Fsp3) is 0.440. The van der Waals surface area contributed by atoms with Crippen molar-refractivity contribution < 1.29 is 14.5 Å². The molecule has 2 aromatic carbocycles. The lowest BCUT2D eigenvalue weighted by atomic mass is 9.84. The molecule has 0 aromatic heterocycles. The first kappa shape index (κ1) is 21.4. The van der Waals surface area contributed by atoms with Crippen molar-refractivity contribution in [3.05, 3.63) is 65.2 Å². The molecule has 4 rings (SSSR count). The molecule has 1 fully saturated rings. The first-order valence-corrected chi connectivity index (χ1v) is 10.9. The molecule has 2 aliphatic rings. The van der Waals surface area contributed by atoms with Gasteiger partial charge in [0.15, 0.2) is 0 Å². The van der Waals surface area contributed by atoms with Gasteiger partial charge in [0.1, 0.15) is 5.60 Å². The summed E-state index contributed by atoms with van der Waals surface area (Å²) in [5.41, 5.74) is 4.65. The molecule has 1 saturated heterocycles. The third kappa shape index (κ3) is 4.74. The normalized spacial score (nSPS) is 18.4. The van der Waals surface area contributed by atoms with E-state index in [0.29, 0.717) is 13.1 Å². The zero-order chi connectivity index (χ0) is 22.1. The Morgan fingerprint density at radius 1 is 1.10 bits per heavy atom. The number of rotatable bonds is 3. The summed E-state index contributed by atoms with van der Waals surface area (Å²) >= 11 is 0. The number of anilines is 1. The number of hydrogen-bond donors (Lipinski definition) is 1. The van der Waals surface area contributed by atoms with E-state index in [4.69, 9.17) is 9.68 Å². The Kier molecular flexibility index (Phi) is 5.75. The average molecular weight is 422 g/mol. The number of amides is 1. The molecule has 0 atom stereocenters. The Morgan fingerprint density at radius 2 is 1.81 bits per heavy atom. The van der Waals surface area contributed by atoms with E-state index in [-0.39, 0.29) is 11.0 Å². The molecule has 0 bridgehead atoms. The van der Waals surface area contributed by atoms with Crippen LogP contribution in [0, 0.1) is 6.92 Å². The highest BCUT2D eigenvalue weighted by Gasteiger charge is 2.43. The van der Waals surface area contributed by atoms with E-state index in [1.807, 2.05) is 37.3 Å². The Morgan fingerprint density at radius 3 is 2.48 bits per heavy atom. The van der Waals surface area contributed by atoms with Crippen LogP contribution in [-0.4, -0.2) is 35.6 Å². The van der Waals surface area contributed by atoms with E-state index in [2.05, 4.69) is 49.4 Å². The summed E-state index contributed by atoms with van der Waals surface area (Å²) < 4.78 is 0. The van der Waals surface area contributed by atoms with Gasteiger partial charge < -0.3 is 9.68 Å². The van der Waals surface area contributed by atoms with Gasteiger partial charge in [-0.1, -0.05) is 74.5 Å². The van der Waals surface area contributed by atoms with Crippen LogP contribution < -0.4 is 5.32 Å². The number of carbonyl (C=O) groups is 1. The lowest BCUT2D eigenvalue weighted by Gasteiger charge is -2.35. The van der Waals surface area contributed by atoms with Gasteiger partial charge in [-0.05, 0) is 29.0 Å². The standard InChI is InChI=1S/C25H31N3O3/c1-18-9-8-12-20(24(2,3)4)22(18)26-23(29)30-28-15-13-25(14-16-28)17-21(27-31-25)19-10-6-5-7-11-19/h5-12H,13-17H2,1-4H3,(H,26,29). The Labute approximate surface area is 184 Å². The number of hydrogen-bond acceptors (Lipinski definition) is 5. The molecular weight excluding hydrogens is 390 g/mol. The first-order chi connectivity index (χ1) is 14.8. The lowest BCUT2D eigenvalue weighted by molar-refractivity contribution is -0.154. The van der Waals surface area contributed by atoms with Gasteiger partial charge in [-0.25, -0.2) is 4.79 Å². The molecule has 1 amide bonds. The van der Waals surface area contributed by atoms with E-state index in [1.165, 1.54) is 0 Å². The highest BCUT2D eigenvalue weighted by Crippen LogP contribution is 2.36. The van der Waals surface area contributed by atoms with Gasteiger partial charge in [0.25, 0.3) is 0 Å². The third-order valence-electron chi connectivity index (χ3n) is 6.10. The molecule has 2 aromatic rings. The van der Waals surface area contributed by atoms with Gasteiger partial charge in [0.2, 0.25) is 0 Å². The zero-order valence-corrected chi connectivity index (χ0v) is 18.8. The van der Waals surface area contributed by atoms with E-state index in [1.54, 1.807) is 5.06 Å². The number of nitrogens with zero attached hydrogens (tertiary/aromatic N) is 2. The van der Waals surface area contributed by atoms with Crippen molar-refractivity contribution >= 4 is 17.5 Å². The minimum atomic E-state index is -0.454. The molecule has 1 spiro atoms. The number of piperidine rings is 1. The molecule has 2 aliphatic heterocycles. The topological polar surface area (TPSA) is 63.2 Å². The average Bonchev–Trinajstić information content (AvgIpc) is 3.15. The smallest absolute Gasteiger partial charge is 0.388 e. The van der Waals surface area contributed by atoms with Crippen LogP contribution in [0.2, 0.25) is 0 Å². The summed E-state index contributed by atoms with van der Waals surface area (Å²) in [6.45, 7) is 9.63. The molecular formula is C25H31N3O3. The minimum Gasteiger partial charge on any atom is -0.388 e. The van der Waals surface area contributed by atoms with Crippen LogP contribution >= 0.6 is 0 Å². The van der Waals surface area contributed by atoms with Crippen LogP contribution in [-0.2, 0) is 15.1 Å². The fourth-order valence-electron chi connectivity index (χ4n) is 4.26. The van der Waals surface area contributed by atoms with E-state index in [0.717, 1.165) is 47.4 Å². The molecule has 6 heteroatoms. The monoisotopic (exact) mass is 421 g/mol. The molecule has 2 heterocycles. The van der Waals surface area contributed by atoms with Gasteiger partial charge in [0, 0.05) is 32.4 Å². The SMILES string of the molecule is Cc1cccc(C(C)(C)C)c1NC(=O)ON1CCC2(CC1)CC(c1ccccc1)=NO2. The maximum Gasteiger partial charge on any atom is 0.430 e. The molecule has 0 radical (unpaired) electrons. The van der Waals surface area contributed by atoms with Crippen LogP contribution in [0.15, 0.2) is 53.7 Å². The van der Waals surface area contributed by atoms with Crippen molar-refractivity contribution in [2.24, 2.45) is 5.16 Å². The molecule has 0 saturated carbocycles. The number of oxime groups is 1. The van der Waals surface area contributed by atoms with E-state index < -0.39 is 6.09 Å². The quantitative estimate of drug-likeness (QED) is 0.719. The summed E-state index contributed by atoms with van der Waals surface area (Å²) in [4.78, 5) is 24.1. The van der Waals surface area contributed by atoms with Crippen LogP contribution in [0.25, 0.3) is 0 Å². The summed E-state index contributed by atoms with van der Waals surface area (Å²) in [6, 6.07) is 16.2. The molecule has 0 unspecified atom stereocenters. The van der Waals surface area contributed by atoms with Gasteiger partial charge in [0.05, 0.1) is 11.4 Å². The maximum atomic E-state index is 12.6. The molecule has 164 valence electrons. The first-order valence-electron chi connectivity index (χ1n) is 10.9. The molecule has 31 heavy (non-hydrogen) atoms. The Hall–Kier alpha value is -2.86. The highest BCUT2D eigenvalue weighted by molar-refractivity contribution is 6.01. The number of aryl methyl sites for hydroxylation is 1. The van der Waals surface area contributed by atoms with Crippen molar-refractivity contribution in [1.82, 2.24) is 5.06 Å². The highest BCUT2D eigenvalue weighted by atomic mass is 16.7. The van der Waals surface area contributed by atoms with Crippen LogP contribution in [0.3, 0.4) is 0 Å². The summed E-state index contributed by atoms with van der Waals surface area (Å²) in [7, 11) is 0. The summed E-state index contributed by atoms with van der Waals surface area (Å²) in [5.74, 6) is 0. The van der Waals surface area contributed by atoms with Crippen molar-refractivity contribution in [3.63, 3.8) is 0 Å². The predicted octanol–water partition coefficient (Wildman–Crippen LogP) is 5.42. The number of para-hydroxylation sites is 1. The predicted molar refractivity (Wildman–Crippen MR) is 122 cm³/mol. The fourth-order valence-corrected chi connectivity index (χ4v) is 4.26. The maximum absolute atomic E-state index is 12.6. The van der Waals surface area contributed by atoms with Crippen molar-refractivity contribution in [2.45, 2.75) is 58.0 Å². The third-order valence-corrected chi connectivity index (χ3v) is 6.10. The second-order valence-corrected chi connectivity index (χ2v) is 9.54. The van der Waals surface area contributed by atoms with Gasteiger partial charge >= 0.3 is 6.09 Å². The number of hydroxylamine groups is 2. The van der Waals surface area contributed by atoms with E-state index in [9.17, 15) is 4.79 Å². The van der Waals surface area contributed by atoms with Gasteiger partial charge in [-0.15, -0.1) is 5.06 Å². The lowest BCUT2D eigenvalue weighted by Crippen LogP contribution is -2.45. The Balaban J connectivity index is 1.33. The largest absolute Gasteiger partial charge is 0.430 e. The number of benzene rings is 2. The van der Waals surface area contributed by atoms with Crippen molar-refractivity contribution in [1.29, 1.82) is 0 Å². The summed E-state index contributed by atoms with van der Waals surface area (Å²) in [5, 5.41) is 9.03. The van der Waals surface area contributed by atoms with Gasteiger partial charge in [-0.2, -0.15) is 0 Å². The second kappa shape index (κ2) is 8.35. The van der Waals surface area contributed by atoms with E-state index >= 15 is 0 Å². The van der Waals surface area contributed by atoms with Crippen molar-refractivity contribution in [3.8, 4) is 0 Å².